The van der Waals surface area contributed by atoms with Crippen molar-refractivity contribution in [1.82, 2.24) is 4.90 Å². The highest BCUT2D eigenvalue weighted by Crippen LogP contribution is 2.27. The minimum Gasteiger partial charge on any atom is -0.375 e. The second kappa shape index (κ2) is 7.74. The zero-order valence-corrected chi connectivity index (χ0v) is 14.5. The fourth-order valence-corrected chi connectivity index (χ4v) is 2.41. The lowest BCUT2D eigenvalue weighted by molar-refractivity contribution is 0.105. The smallest absolute Gasteiger partial charge is 0.0723 e. The first-order valence-corrected chi connectivity index (χ1v) is 7.93. The number of likely N-dealkylation sites (N-methyl/N-ethyl adjacent to an activating group) is 1. The predicted molar refractivity (Wildman–Crippen MR) is 92.5 cm³/mol. The van der Waals surface area contributed by atoms with Gasteiger partial charge in [0.1, 0.15) is 0 Å². The number of benzene rings is 2. The largest absolute Gasteiger partial charge is 0.375 e. The topological polar surface area (TPSA) is 12.5 Å². The van der Waals surface area contributed by atoms with E-state index in [1.54, 1.807) is 0 Å². The summed E-state index contributed by atoms with van der Waals surface area (Å²) in [6, 6.07) is 15.0. The van der Waals surface area contributed by atoms with E-state index in [0.717, 1.165) is 17.6 Å². The second-order valence-corrected chi connectivity index (χ2v) is 6.44. The molecule has 112 valence electrons. The fourth-order valence-electron chi connectivity index (χ4n) is 2.14. The van der Waals surface area contributed by atoms with E-state index in [-0.39, 0.29) is 0 Å². The van der Waals surface area contributed by atoms with Crippen LogP contribution in [0.3, 0.4) is 0 Å². The first kappa shape index (κ1) is 16.2. The van der Waals surface area contributed by atoms with Crippen molar-refractivity contribution < 1.29 is 4.74 Å². The lowest BCUT2D eigenvalue weighted by atomic mass is 9.98. The van der Waals surface area contributed by atoms with E-state index in [9.17, 15) is 0 Å². The minimum absolute atomic E-state index is 0.652. The van der Waals surface area contributed by atoms with Crippen LogP contribution >= 0.6 is 15.9 Å². The first-order valence-electron chi connectivity index (χ1n) is 7.14. The van der Waals surface area contributed by atoms with E-state index in [1.165, 1.54) is 22.3 Å². The van der Waals surface area contributed by atoms with Crippen LogP contribution in [-0.4, -0.2) is 32.1 Å². The molecule has 0 fully saturated rings. The standard InChI is InChI=1S/C18H22BrNO/c1-14-4-5-16(13-21-11-10-20(2)3)18(12-14)15-6-8-17(19)9-7-15/h4-9,12H,10-11,13H2,1-3H3. The van der Waals surface area contributed by atoms with Crippen LogP contribution in [0.2, 0.25) is 0 Å². The van der Waals surface area contributed by atoms with Crippen LogP contribution < -0.4 is 0 Å². The molecule has 0 spiro atoms. The molecule has 0 heterocycles. The summed E-state index contributed by atoms with van der Waals surface area (Å²) < 4.78 is 6.91. The Morgan fingerprint density at radius 1 is 1.05 bits per heavy atom. The van der Waals surface area contributed by atoms with Crippen molar-refractivity contribution in [3.63, 3.8) is 0 Å². The van der Waals surface area contributed by atoms with Gasteiger partial charge in [0, 0.05) is 11.0 Å². The molecule has 21 heavy (non-hydrogen) atoms. The summed E-state index contributed by atoms with van der Waals surface area (Å²) in [5, 5.41) is 0. The Morgan fingerprint density at radius 3 is 2.43 bits per heavy atom. The van der Waals surface area contributed by atoms with Crippen LogP contribution in [0, 0.1) is 6.92 Å². The van der Waals surface area contributed by atoms with E-state index in [0.29, 0.717) is 6.61 Å². The van der Waals surface area contributed by atoms with Crippen LogP contribution in [-0.2, 0) is 11.3 Å². The Bertz CT molecular complexity index is 578. The zero-order chi connectivity index (χ0) is 15.2. The van der Waals surface area contributed by atoms with Crippen LogP contribution in [0.25, 0.3) is 11.1 Å². The number of aryl methyl sites for hydroxylation is 1. The summed E-state index contributed by atoms with van der Waals surface area (Å²) in [4.78, 5) is 2.13. The minimum atomic E-state index is 0.652. The molecule has 0 unspecified atom stereocenters. The summed E-state index contributed by atoms with van der Waals surface area (Å²) in [6.07, 6.45) is 0. The lowest BCUT2D eigenvalue weighted by Gasteiger charge is -2.13. The quantitative estimate of drug-likeness (QED) is 0.713. The number of ether oxygens (including phenoxy) is 1. The monoisotopic (exact) mass is 347 g/mol. The molecule has 0 saturated heterocycles. The maximum absolute atomic E-state index is 5.81. The van der Waals surface area contributed by atoms with Gasteiger partial charge in [-0.1, -0.05) is 51.8 Å². The highest BCUT2D eigenvalue weighted by atomic mass is 79.9. The number of halogens is 1. The zero-order valence-electron chi connectivity index (χ0n) is 12.9. The Balaban J connectivity index is 2.15. The second-order valence-electron chi connectivity index (χ2n) is 5.52. The van der Waals surface area contributed by atoms with E-state index < -0.39 is 0 Å². The van der Waals surface area contributed by atoms with Crippen molar-refractivity contribution in [3.8, 4) is 11.1 Å². The van der Waals surface area contributed by atoms with Crippen molar-refractivity contribution in [1.29, 1.82) is 0 Å². The Hall–Kier alpha value is -1.16. The van der Waals surface area contributed by atoms with Gasteiger partial charge in [-0.2, -0.15) is 0 Å². The molecule has 2 aromatic rings. The number of nitrogens with zero attached hydrogens (tertiary/aromatic N) is 1. The third-order valence-electron chi connectivity index (χ3n) is 3.36. The van der Waals surface area contributed by atoms with Crippen LogP contribution in [0.5, 0.6) is 0 Å². The third-order valence-corrected chi connectivity index (χ3v) is 3.89. The van der Waals surface area contributed by atoms with Crippen LogP contribution in [0.15, 0.2) is 46.9 Å². The molecule has 0 saturated carbocycles. The molecular weight excluding hydrogens is 326 g/mol. The van der Waals surface area contributed by atoms with E-state index in [2.05, 4.69) is 84.3 Å². The van der Waals surface area contributed by atoms with Gasteiger partial charge in [0.05, 0.1) is 13.2 Å². The van der Waals surface area contributed by atoms with Gasteiger partial charge in [-0.15, -0.1) is 0 Å². The molecule has 0 N–H and O–H groups in total. The molecule has 0 aliphatic carbocycles. The molecule has 0 radical (unpaired) electrons. The van der Waals surface area contributed by atoms with Gasteiger partial charge < -0.3 is 9.64 Å². The molecule has 0 bridgehead atoms. The highest BCUT2D eigenvalue weighted by Gasteiger charge is 2.06. The predicted octanol–water partition coefficient (Wildman–Crippen LogP) is 4.50. The van der Waals surface area contributed by atoms with E-state index in [1.807, 2.05) is 0 Å². The summed E-state index contributed by atoms with van der Waals surface area (Å²) in [5.41, 5.74) is 4.99. The molecule has 0 aliphatic heterocycles. The number of rotatable bonds is 6. The summed E-state index contributed by atoms with van der Waals surface area (Å²) >= 11 is 3.49. The van der Waals surface area contributed by atoms with E-state index in [4.69, 9.17) is 4.74 Å². The van der Waals surface area contributed by atoms with Crippen molar-refractivity contribution in [2.45, 2.75) is 13.5 Å². The summed E-state index contributed by atoms with van der Waals surface area (Å²) in [5.74, 6) is 0. The first-order chi connectivity index (χ1) is 10.1. The average Bonchev–Trinajstić information content (AvgIpc) is 2.45. The van der Waals surface area contributed by atoms with Gasteiger partial charge in [0.15, 0.2) is 0 Å². The Labute approximate surface area is 135 Å². The molecule has 0 atom stereocenters. The van der Waals surface area contributed by atoms with Crippen molar-refractivity contribution in [3.05, 3.63) is 58.1 Å². The van der Waals surface area contributed by atoms with Gasteiger partial charge in [-0.25, -0.2) is 0 Å². The molecule has 0 amide bonds. The van der Waals surface area contributed by atoms with Gasteiger partial charge >= 0.3 is 0 Å². The molecule has 2 nitrogen and oxygen atoms in total. The third kappa shape index (κ3) is 4.95. The van der Waals surface area contributed by atoms with Crippen molar-refractivity contribution in [2.24, 2.45) is 0 Å². The molecule has 3 heteroatoms. The van der Waals surface area contributed by atoms with Gasteiger partial charge in [-0.3, -0.25) is 0 Å². The van der Waals surface area contributed by atoms with E-state index >= 15 is 0 Å². The molecule has 2 rings (SSSR count). The van der Waals surface area contributed by atoms with Gasteiger partial charge in [-0.05, 0) is 49.8 Å². The number of hydrogen-bond acceptors (Lipinski definition) is 2. The molecule has 2 aromatic carbocycles. The van der Waals surface area contributed by atoms with Gasteiger partial charge in [0.2, 0.25) is 0 Å². The maximum Gasteiger partial charge on any atom is 0.0723 e. The van der Waals surface area contributed by atoms with Crippen LogP contribution in [0.1, 0.15) is 11.1 Å². The van der Waals surface area contributed by atoms with Crippen molar-refractivity contribution >= 4 is 15.9 Å². The molecular formula is C18H22BrNO. The lowest BCUT2D eigenvalue weighted by Crippen LogP contribution is -2.18. The highest BCUT2D eigenvalue weighted by molar-refractivity contribution is 9.10. The van der Waals surface area contributed by atoms with Crippen molar-refractivity contribution in [2.75, 3.05) is 27.2 Å². The molecule has 0 aromatic heterocycles. The van der Waals surface area contributed by atoms with Gasteiger partial charge in [0.25, 0.3) is 0 Å². The Morgan fingerprint density at radius 2 is 1.76 bits per heavy atom. The maximum atomic E-state index is 5.81. The normalized spacial score (nSPS) is 11.1. The number of hydrogen-bond donors (Lipinski definition) is 0. The molecule has 0 aliphatic rings. The van der Waals surface area contributed by atoms with Crippen LogP contribution in [0.4, 0.5) is 0 Å². The Kier molecular flexibility index (Phi) is 5.97. The summed E-state index contributed by atoms with van der Waals surface area (Å²) in [7, 11) is 4.12. The fraction of sp³-hybridized carbons (Fsp3) is 0.333. The average molecular weight is 348 g/mol. The summed E-state index contributed by atoms with van der Waals surface area (Å²) in [6.45, 7) is 4.47. The SMILES string of the molecule is Cc1ccc(COCCN(C)C)c(-c2ccc(Br)cc2)c1.